The Morgan fingerprint density at radius 2 is 2.00 bits per heavy atom. The number of nitrogens with zero attached hydrogens (tertiary/aromatic N) is 3. The molecular weight excluding hydrogens is 320 g/mol. The molecule has 5 nitrogen and oxygen atoms in total. The number of aromatic amines is 1. The molecule has 130 valence electrons. The number of rotatable bonds is 9. The second-order valence-electron chi connectivity index (χ2n) is 5.76. The van der Waals surface area contributed by atoms with Crippen LogP contribution in [0.15, 0.2) is 35.7 Å². The van der Waals surface area contributed by atoms with Gasteiger partial charge in [0.1, 0.15) is 6.33 Å². The molecule has 6 heteroatoms. The zero-order valence-corrected chi connectivity index (χ0v) is 15.5. The van der Waals surface area contributed by atoms with Gasteiger partial charge in [-0.1, -0.05) is 56.7 Å². The van der Waals surface area contributed by atoms with E-state index < -0.39 is 0 Å². The van der Waals surface area contributed by atoms with Gasteiger partial charge in [-0.15, -0.1) is 0 Å². The summed E-state index contributed by atoms with van der Waals surface area (Å²) in [7, 11) is 0. The summed E-state index contributed by atoms with van der Waals surface area (Å²) in [6, 6.07) is 7.85. The van der Waals surface area contributed by atoms with E-state index in [9.17, 15) is 4.79 Å². The van der Waals surface area contributed by atoms with E-state index in [1.54, 1.807) is 11.8 Å². The van der Waals surface area contributed by atoms with Gasteiger partial charge in [0.15, 0.2) is 5.16 Å². The van der Waals surface area contributed by atoms with E-state index in [2.05, 4.69) is 29.0 Å². The van der Waals surface area contributed by atoms with Crippen LogP contribution in [0, 0.1) is 5.92 Å². The molecule has 0 spiro atoms. The third kappa shape index (κ3) is 4.84. The highest BCUT2D eigenvalue weighted by atomic mass is 32.2. The van der Waals surface area contributed by atoms with Gasteiger partial charge in [0, 0.05) is 24.4 Å². The van der Waals surface area contributed by atoms with Gasteiger partial charge in [0.2, 0.25) is 0 Å². The summed E-state index contributed by atoms with van der Waals surface area (Å²) in [6.07, 6.45) is 3.69. The Bertz CT molecular complexity index is 626. The summed E-state index contributed by atoms with van der Waals surface area (Å²) in [5.74, 6) is 1.38. The van der Waals surface area contributed by atoms with E-state index >= 15 is 0 Å². The topological polar surface area (TPSA) is 61.9 Å². The van der Waals surface area contributed by atoms with Crippen molar-refractivity contribution in [1.82, 2.24) is 20.1 Å². The molecule has 0 atom stereocenters. The largest absolute Gasteiger partial charge is 0.339 e. The lowest BCUT2D eigenvalue weighted by Crippen LogP contribution is -2.35. The van der Waals surface area contributed by atoms with Crippen LogP contribution in [0.1, 0.15) is 49.5 Å². The standard InChI is InChI=1S/C18H26N4OS/c1-4-14(5-2)11-22(6-3)17(23)16-10-8-7-9-15(16)12-24-18-19-13-20-21-18/h7-10,13-14H,4-6,11-12H2,1-3H3,(H,19,20,21). The van der Waals surface area contributed by atoms with E-state index in [0.717, 1.165) is 42.2 Å². The molecule has 2 aromatic rings. The van der Waals surface area contributed by atoms with Crippen LogP contribution in [0.25, 0.3) is 0 Å². The van der Waals surface area contributed by atoms with Gasteiger partial charge in [-0.2, -0.15) is 5.10 Å². The Labute approximate surface area is 148 Å². The number of carbonyl (C=O) groups is 1. The first-order valence-electron chi connectivity index (χ1n) is 8.54. The minimum atomic E-state index is 0.123. The Balaban J connectivity index is 2.12. The average molecular weight is 346 g/mol. The Hall–Kier alpha value is -1.82. The van der Waals surface area contributed by atoms with E-state index in [-0.39, 0.29) is 5.91 Å². The van der Waals surface area contributed by atoms with Crippen molar-refractivity contribution in [2.75, 3.05) is 13.1 Å². The van der Waals surface area contributed by atoms with Crippen LogP contribution in [0.4, 0.5) is 0 Å². The van der Waals surface area contributed by atoms with E-state index in [1.807, 2.05) is 36.1 Å². The maximum Gasteiger partial charge on any atom is 0.254 e. The molecule has 0 saturated carbocycles. The predicted molar refractivity (Wildman–Crippen MR) is 98.0 cm³/mol. The van der Waals surface area contributed by atoms with Crippen LogP contribution in [0.5, 0.6) is 0 Å². The van der Waals surface area contributed by atoms with Crippen LogP contribution in [0.2, 0.25) is 0 Å². The van der Waals surface area contributed by atoms with Gasteiger partial charge in [-0.3, -0.25) is 9.89 Å². The minimum absolute atomic E-state index is 0.123. The SMILES string of the molecule is CCC(CC)CN(CC)C(=O)c1ccccc1CSc1ncn[nH]1. The second kappa shape index (κ2) is 9.47. The first kappa shape index (κ1) is 18.5. The number of hydrogen-bond acceptors (Lipinski definition) is 4. The Kier molecular flexibility index (Phi) is 7.31. The lowest BCUT2D eigenvalue weighted by Gasteiger charge is -2.26. The maximum atomic E-state index is 13.0. The van der Waals surface area contributed by atoms with Crippen molar-refractivity contribution < 1.29 is 4.79 Å². The van der Waals surface area contributed by atoms with Crippen LogP contribution in [0.3, 0.4) is 0 Å². The number of benzene rings is 1. The van der Waals surface area contributed by atoms with Crippen LogP contribution < -0.4 is 0 Å². The molecule has 1 N–H and O–H groups in total. The van der Waals surface area contributed by atoms with Crippen molar-refractivity contribution in [3.63, 3.8) is 0 Å². The quantitative estimate of drug-likeness (QED) is 0.697. The lowest BCUT2D eigenvalue weighted by atomic mass is 10.0. The smallest absolute Gasteiger partial charge is 0.254 e. The average Bonchev–Trinajstić information content (AvgIpc) is 3.14. The fourth-order valence-corrected chi connectivity index (χ4v) is 3.43. The summed E-state index contributed by atoms with van der Waals surface area (Å²) < 4.78 is 0. The van der Waals surface area contributed by atoms with Crippen LogP contribution in [-0.4, -0.2) is 39.1 Å². The molecule has 0 aliphatic heterocycles. The number of aromatic nitrogens is 3. The van der Waals surface area contributed by atoms with E-state index in [1.165, 1.54) is 6.33 Å². The third-order valence-corrected chi connectivity index (χ3v) is 5.23. The van der Waals surface area contributed by atoms with Gasteiger partial charge in [0.05, 0.1) is 0 Å². The predicted octanol–water partition coefficient (Wildman–Crippen LogP) is 4.00. The molecule has 0 aliphatic carbocycles. The van der Waals surface area contributed by atoms with E-state index in [0.29, 0.717) is 11.7 Å². The molecule has 1 aromatic heterocycles. The fourth-order valence-electron chi connectivity index (χ4n) is 2.65. The molecular formula is C18H26N4OS. The Morgan fingerprint density at radius 1 is 1.25 bits per heavy atom. The first-order chi connectivity index (χ1) is 11.7. The second-order valence-corrected chi connectivity index (χ2v) is 6.73. The van der Waals surface area contributed by atoms with Gasteiger partial charge in [0.25, 0.3) is 5.91 Å². The highest BCUT2D eigenvalue weighted by Crippen LogP contribution is 2.22. The van der Waals surface area contributed by atoms with Crippen molar-refractivity contribution in [2.45, 2.75) is 44.5 Å². The zero-order chi connectivity index (χ0) is 17.4. The summed E-state index contributed by atoms with van der Waals surface area (Å²) in [4.78, 5) is 19.1. The number of amides is 1. The molecule has 0 radical (unpaired) electrons. The molecule has 0 aliphatic rings. The molecule has 24 heavy (non-hydrogen) atoms. The zero-order valence-electron chi connectivity index (χ0n) is 14.7. The molecule has 0 bridgehead atoms. The van der Waals surface area contributed by atoms with Crippen molar-refractivity contribution in [1.29, 1.82) is 0 Å². The molecule has 1 aromatic carbocycles. The summed E-state index contributed by atoms with van der Waals surface area (Å²) in [5, 5.41) is 7.46. The lowest BCUT2D eigenvalue weighted by molar-refractivity contribution is 0.0734. The normalized spacial score (nSPS) is 11.0. The van der Waals surface area contributed by atoms with Crippen LogP contribution in [-0.2, 0) is 5.75 Å². The van der Waals surface area contributed by atoms with Gasteiger partial charge < -0.3 is 4.90 Å². The monoisotopic (exact) mass is 346 g/mol. The number of carbonyl (C=O) groups excluding carboxylic acids is 1. The van der Waals surface area contributed by atoms with Crippen molar-refractivity contribution in [2.24, 2.45) is 5.92 Å². The number of thioether (sulfide) groups is 1. The molecule has 1 amide bonds. The molecule has 2 rings (SSSR count). The summed E-state index contributed by atoms with van der Waals surface area (Å²) in [6.45, 7) is 7.99. The fraction of sp³-hybridized carbons (Fsp3) is 0.500. The number of hydrogen-bond donors (Lipinski definition) is 1. The third-order valence-electron chi connectivity index (χ3n) is 4.31. The van der Waals surface area contributed by atoms with Crippen LogP contribution >= 0.6 is 11.8 Å². The highest BCUT2D eigenvalue weighted by molar-refractivity contribution is 7.98. The highest BCUT2D eigenvalue weighted by Gasteiger charge is 2.20. The summed E-state index contributed by atoms with van der Waals surface area (Å²) >= 11 is 1.55. The van der Waals surface area contributed by atoms with Gasteiger partial charge in [-0.05, 0) is 24.5 Å². The number of H-pyrrole nitrogens is 1. The molecule has 0 unspecified atom stereocenters. The molecule has 1 heterocycles. The summed E-state index contributed by atoms with van der Waals surface area (Å²) in [5.41, 5.74) is 1.82. The molecule has 0 fully saturated rings. The first-order valence-corrected chi connectivity index (χ1v) is 9.53. The Morgan fingerprint density at radius 3 is 2.62 bits per heavy atom. The minimum Gasteiger partial charge on any atom is -0.339 e. The van der Waals surface area contributed by atoms with Crippen molar-refractivity contribution in [3.8, 4) is 0 Å². The van der Waals surface area contributed by atoms with Crippen molar-refractivity contribution >= 4 is 17.7 Å². The molecule has 0 saturated heterocycles. The van der Waals surface area contributed by atoms with E-state index in [4.69, 9.17) is 0 Å². The van der Waals surface area contributed by atoms with Crippen molar-refractivity contribution in [3.05, 3.63) is 41.7 Å². The van der Waals surface area contributed by atoms with Gasteiger partial charge in [-0.25, -0.2) is 4.98 Å². The number of nitrogens with one attached hydrogen (secondary N) is 1. The van der Waals surface area contributed by atoms with Gasteiger partial charge >= 0.3 is 0 Å². The maximum absolute atomic E-state index is 13.0.